The van der Waals surface area contributed by atoms with E-state index in [1.165, 1.54) is 0 Å². The molecule has 0 atom stereocenters. The summed E-state index contributed by atoms with van der Waals surface area (Å²) in [6.07, 6.45) is 0.613. The molecule has 1 aromatic rings. The predicted molar refractivity (Wildman–Crippen MR) is 66.8 cm³/mol. The SMILES string of the molecule is CCc1c(N)nc(CN2CCNCC2)[nH]c1=O. The van der Waals surface area contributed by atoms with Crippen molar-refractivity contribution >= 4 is 5.82 Å². The van der Waals surface area contributed by atoms with Gasteiger partial charge in [-0.25, -0.2) is 4.98 Å². The highest BCUT2D eigenvalue weighted by molar-refractivity contribution is 5.37. The lowest BCUT2D eigenvalue weighted by atomic mass is 10.2. The molecule has 1 fully saturated rings. The molecule has 2 heterocycles. The van der Waals surface area contributed by atoms with Crippen molar-refractivity contribution < 1.29 is 0 Å². The maximum Gasteiger partial charge on any atom is 0.256 e. The molecule has 2 rings (SSSR count). The third-order valence-electron chi connectivity index (χ3n) is 3.03. The zero-order valence-corrected chi connectivity index (χ0v) is 10.1. The molecule has 94 valence electrons. The monoisotopic (exact) mass is 237 g/mol. The van der Waals surface area contributed by atoms with Crippen LogP contribution in [0.1, 0.15) is 18.3 Å². The van der Waals surface area contributed by atoms with E-state index in [2.05, 4.69) is 20.2 Å². The minimum atomic E-state index is -0.106. The number of rotatable bonds is 3. The molecule has 6 nitrogen and oxygen atoms in total. The fraction of sp³-hybridized carbons (Fsp3) is 0.636. The Labute approximate surface area is 100 Å². The van der Waals surface area contributed by atoms with E-state index >= 15 is 0 Å². The number of nitrogens with zero attached hydrogens (tertiary/aromatic N) is 2. The lowest BCUT2D eigenvalue weighted by Gasteiger charge is -2.26. The van der Waals surface area contributed by atoms with Gasteiger partial charge in [-0.3, -0.25) is 9.69 Å². The summed E-state index contributed by atoms with van der Waals surface area (Å²) in [4.78, 5) is 21.0. The maximum absolute atomic E-state index is 11.7. The van der Waals surface area contributed by atoms with Gasteiger partial charge in [0.1, 0.15) is 11.6 Å². The van der Waals surface area contributed by atoms with Gasteiger partial charge >= 0.3 is 0 Å². The van der Waals surface area contributed by atoms with Gasteiger partial charge in [0.15, 0.2) is 0 Å². The lowest BCUT2D eigenvalue weighted by Crippen LogP contribution is -2.43. The fourth-order valence-electron chi connectivity index (χ4n) is 2.06. The van der Waals surface area contributed by atoms with Crippen LogP contribution in [0.5, 0.6) is 0 Å². The molecule has 0 spiro atoms. The Bertz CT molecular complexity index is 436. The van der Waals surface area contributed by atoms with Crippen LogP contribution in [-0.4, -0.2) is 41.0 Å². The van der Waals surface area contributed by atoms with E-state index < -0.39 is 0 Å². The molecule has 1 saturated heterocycles. The quantitative estimate of drug-likeness (QED) is 0.648. The highest BCUT2D eigenvalue weighted by atomic mass is 16.1. The molecule has 0 saturated carbocycles. The Balaban J connectivity index is 2.13. The van der Waals surface area contributed by atoms with E-state index in [1.54, 1.807) is 0 Å². The first-order valence-corrected chi connectivity index (χ1v) is 6.01. The second kappa shape index (κ2) is 5.29. The Kier molecular flexibility index (Phi) is 3.75. The number of nitrogens with one attached hydrogen (secondary N) is 2. The molecule has 0 aliphatic carbocycles. The molecule has 4 N–H and O–H groups in total. The number of nitrogen functional groups attached to an aromatic ring is 1. The minimum absolute atomic E-state index is 0.106. The summed E-state index contributed by atoms with van der Waals surface area (Å²) >= 11 is 0. The lowest BCUT2D eigenvalue weighted by molar-refractivity contribution is 0.228. The first-order valence-electron chi connectivity index (χ1n) is 6.01. The number of aromatic nitrogens is 2. The Hall–Kier alpha value is -1.40. The molecule has 0 unspecified atom stereocenters. The van der Waals surface area contributed by atoms with E-state index in [9.17, 15) is 4.79 Å². The molecular formula is C11H19N5O. The average Bonchev–Trinajstić information content (AvgIpc) is 2.30. The van der Waals surface area contributed by atoms with Crippen molar-refractivity contribution in [1.82, 2.24) is 20.2 Å². The second-order valence-electron chi connectivity index (χ2n) is 4.26. The standard InChI is InChI=1S/C11H19N5O/c1-2-8-10(12)14-9(15-11(8)17)7-16-5-3-13-4-6-16/h13H,2-7H2,1H3,(H3,12,14,15,17). The molecule has 0 radical (unpaired) electrons. The number of aromatic amines is 1. The Morgan fingerprint density at radius 3 is 2.71 bits per heavy atom. The van der Waals surface area contributed by atoms with Crippen LogP contribution in [0.25, 0.3) is 0 Å². The van der Waals surface area contributed by atoms with Crippen molar-refractivity contribution in [2.45, 2.75) is 19.9 Å². The molecular weight excluding hydrogens is 218 g/mol. The summed E-state index contributed by atoms with van der Waals surface area (Å²) in [6.45, 7) is 6.46. The van der Waals surface area contributed by atoms with Crippen LogP contribution in [0, 0.1) is 0 Å². The van der Waals surface area contributed by atoms with Gasteiger partial charge in [-0.2, -0.15) is 0 Å². The third kappa shape index (κ3) is 2.83. The smallest absolute Gasteiger partial charge is 0.256 e. The number of hydrogen-bond acceptors (Lipinski definition) is 5. The first kappa shape index (κ1) is 12.1. The third-order valence-corrected chi connectivity index (χ3v) is 3.03. The Morgan fingerprint density at radius 1 is 1.41 bits per heavy atom. The van der Waals surface area contributed by atoms with Crippen molar-refractivity contribution in [3.05, 3.63) is 21.7 Å². The van der Waals surface area contributed by atoms with Gasteiger partial charge in [0.05, 0.1) is 12.1 Å². The predicted octanol–water partition coefficient (Wildman–Crippen LogP) is -0.680. The van der Waals surface area contributed by atoms with E-state index in [0.717, 1.165) is 26.2 Å². The van der Waals surface area contributed by atoms with E-state index in [1.807, 2.05) is 6.92 Å². The van der Waals surface area contributed by atoms with Crippen LogP contribution in [-0.2, 0) is 13.0 Å². The van der Waals surface area contributed by atoms with Crippen LogP contribution < -0.4 is 16.6 Å². The fourth-order valence-corrected chi connectivity index (χ4v) is 2.06. The zero-order chi connectivity index (χ0) is 12.3. The van der Waals surface area contributed by atoms with Crippen molar-refractivity contribution in [2.24, 2.45) is 0 Å². The van der Waals surface area contributed by atoms with Crippen LogP contribution in [0.3, 0.4) is 0 Å². The summed E-state index contributed by atoms with van der Waals surface area (Å²) in [6, 6.07) is 0. The molecule has 1 aromatic heterocycles. The molecule has 0 bridgehead atoms. The van der Waals surface area contributed by atoms with Gasteiger partial charge < -0.3 is 16.0 Å². The van der Waals surface area contributed by atoms with Crippen LogP contribution in [0.15, 0.2) is 4.79 Å². The van der Waals surface area contributed by atoms with Gasteiger partial charge in [-0.15, -0.1) is 0 Å². The number of anilines is 1. The number of piperazine rings is 1. The zero-order valence-electron chi connectivity index (χ0n) is 10.1. The molecule has 0 amide bonds. The molecule has 1 aliphatic heterocycles. The summed E-state index contributed by atoms with van der Waals surface area (Å²) in [5.41, 5.74) is 6.25. The summed E-state index contributed by atoms with van der Waals surface area (Å²) < 4.78 is 0. The molecule has 1 aliphatic rings. The summed E-state index contributed by atoms with van der Waals surface area (Å²) in [5.74, 6) is 1.02. The highest BCUT2D eigenvalue weighted by Crippen LogP contribution is 2.05. The van der Waals surface area contributed by atoms with E-state index in [0.29, 0.717) is 30.2 Å². The van der Waals surface area contributed by atoms with E-state index in [4.69, 9.17) is 5.73 Å². The van der Waals surface area contributed by atoms with Gasteiger partial charge in [-0.1, -0.05) is 6.92 Å². The van der Waals surface area contributed by atoms with Crippen molar-refractivity contribution in [3.63, 3.8) is 0 Å². The topological polar surface area (TPSA) is 87.0 Å². The summed E-state index contributed by atoms with van der Waals surface area (Å²) in [5, 5.41) is 3.28. The van der Waals surface area contributed by atoms with Crippen LogP contribution in [0.4, 0.5) is 5.82 Å². The number of H-pyrrole nitrogens is 1. The van der Waals surface area contributed by atoms with Crippen molar-refractivity contribution in [1.29, 1.82) is 0 Å². The normalized spacial score (nSPS) is 17.2. The second-order valence-corrected chi connectivity index (χ2v) is 4.26. The first-order chi connectivity index (χ1) is 8.20. The van der Waals surface area contributed by atoms with Crippen LogP contribution in [0.2, 0.25) is 0 Å². The maximum atomic E-state index is 11.7. The van der Waals surface area contributed by atoms with Crippen LogP contribution >= 0.6 is 0 Å². The Morgan fingerprint density at radius 2 is 2.12 bits per heavy atom. The van der Waals surface area contributed by atoms with Crippen molar-refractivity contribution in [2.75, 3.05) is 31.9 Å². The van der Waals surface area contributed by atoms with Gasteiger partial charge in [0.2, 0.25) is 0 Å². The average molecular weight is 237 g/mol. The largest absolute Gasteiger partial charge is 0.383 e. The molecule has 6 heteroatoms. The summed E-state index contributed by atoms with van der Waals surface area (Å²) in [7, 11) is 0. The number of hydrogen-bond donors (Lipinski definition) is 3. The van der Waals surface area contributed by atoms with Crippen molar-refractivity contribution in [3.8, 4) is 0 Å². The minimum Gasteiger partial charge on any atom is -0.383 e. The van der Waals surface area contributed by atoms with E-state index in [-0.39, 0.29) is 5.56 Å². The molecule has 17 heavy (non-hydrogen) atoms. The van der Waals surface area contributed by atoms with Gasteiger partial charge in [0, 0.05) is 26.2 Å². The molecule has 0 aromatic carbocycles. The highest BCUT2D eigenvalue weighted by Gasteiger charge is 2.13. The van der Waals surface area contributed by atoms with Gasteiger partial charge in [-0.05, 0) is 6.42 Å². The van der Waals surface area contributed by atoms with Gasteiger partial charge in [0.25, 0.3) is 5.56 Å². The number of nitrogens with two attached hydrogens (primary N) is 1.